The van der Waals surface area contributed by atoms with Crippen LogP contribution in [0.5, 0.6) is 0 Å². The number of piperidine rings is 1. The number of anilines is 1. The zero-order valence-corrected chi connectivity index (χ0v) is 15.4. The lowest BCUT2D eigenvalue weighted by Crippen LogP contribution is -2.47. The van der Waals surface area contributed by atoms with E-state index in [9.17, 15) is 4.79 Å². The molecule has 3 aromatic rings. The fraction of sp³-hybridized carbons (Fsp3) is 0.333. The van der Waals surface area contributed by atoms with Crippen molar-refractivity contribution in [2.45, 2.75) is 25.4 Å². The Labute approximate surface area is 157 Å². The van der Waals surface area contributed by atoms with Gasteiger partial charge < -0.3 is 9.80 Å². The number of nitrogens with zero attached hydrogens (tertiary/aromatic N) is 3. The lowest BCUT2D eigenvalue weighted by Gasteiger charge is -2.36. The fourth-order valence-corrected chi connectivity index (χ4v) is 5.16. The number of hydrogen-bond donors (Lipinski definition) is 0. The zero-order valence-electron chi connectivity index (χ0n) is 14.5. The fourth-order valence-electron chi connectivity index (χ4n) is 4.18. The summed E-state index contributed by atoms with van der Waals surface area (Å²) in [5, 5.41) is 1.05. The van der Waals surface area contributed by atoms with Crippen LogP contribution in [0.3, 0.4) is 0 Å². The molecule has 6 rings (SSSR count). The third-order valence-corrected chi connectivity index (χ3v) is 6.64. The first-order chi connectivity index (χ1) is 12.8. The summed E-state index contributed by atoms with van der Waals surface area (Å²) in [6, 6.07) is 18.9. The molecule has 1 amide bonds. The summed E-state index contributed by atoms with van der Waals surface area (Å²) >= 11 is 1.74. The van der Waals surface area contributed by atoms with E-state index < -0.39 is 0 Å². The Morgan fingerprint density at radius 2 is 1.81 bits per heavy atom. The highest BCUT2D eigenvalue weighted by Crippen LogP contribution is 2.35. The van der Waals surface area contributed by atoms with Crippen molar-refractivity contribution in [3.05, 3.63) is 60.2 Å². The highest BCUT2D eigenvalue weighted by molar-refractivity contribution is 7.22. The van der Waals surface area contributed by atoms with Crippen molar-refractivity contribution in [2.24, 2.45) is 5.92 Å². The molecule has 3 aliphatic heterocycles. The minimum atomic E-state index is 0.0875. The SMILES string of the molecule is O=C1[C@H]2CC[C@H](CN(c3nc4ccccc4s3)C2)N1Cc1ccccc1. The van der Waals surface area contributed by atoms with Crippen LogP contribution in [0.15, 0.2) is 54.6 Å². The second-order valence-electron chi connectivity index (χ2n) is 7.25. The maximum Gasteiger partial charge on any atom is 0.228 e. The molecule has 3 aliphatic rings. The van der Waals surface area contributed by atoms with E-state index in [4.69, 9.17) is 4.98 Å². The number of benzene rings is 2. The van der Waals surface area contributed by atoms with Crippen LogP contribution in [0.2, 0.25) is 0 Å². The number of hydrogen-bond acceptors (Lipinski definition) is 4. The molecule has 2 aromatic carbocycles. The predicted molar refractivity (Wildman–Crippen MR) is 105 cm³/mol. The van der Waals surface area contributed by atoms with E-state index in [2.05, 4.69) is 40.1 Å². The molecule has 0 spiro atoms. The summed E-state index contributed by atoms with van der Waals surface area (Å²) in [7, 11) is 0. The van der Waals surface area contributed by atoms with Crippen LogP contribution in [0.1, 0.15) is 18.4 Å². The van der Waals surface area contributed by atoms with Gasteiger partial charge in [-0.05, 0) is 30.5 Å². The second-order valence-corrected chi connectivity index (χ2v) is 8.26. The van der Waals surface area contributed by atoms with Gasteiger partial charge in [0, 0.05) is 25.7 Å². The molecule has 0 aliphatic carbocycles. The predicted octanol–water partition coefficient (Wildman–Crippen LogP) is 3.92. The van der Waals surface area contributed by atoms with Crippen molar-refractivity contribution >= 4 is 32.6 Å². The lowest BCUT2D eigenvalue weighted by atomic mass is 9.93. The number of rotatable bonds is 3. The lowest BCUT2D eigenvalue weighted by molar-refractivity contribution is -0.140. The second kappa shape index (κ2) is 6.40. The van der Waals surface area contributed by atoms with Gasteiger partial charge in [-0.25, -0.2) is 4.98 Å². The Balaban J connectivity index is 1.43. The van der Waals surface area contributed by atoms with Crippen molar-refractivity contribution in [3.63, 3.8) is 0 Å². The summed E-state index contributed by atoms with van der Waals surface area (Å²) in [4.78, 5) is 22.3. The molecule has 4 nitrogen and oxygen atoms in total. The summed E-state index contributed by atoms with van der Waals surface area (Å²) < 4.78 is 1.21. The largest absolute Gasteiger partial charge is 0.345 e. The smallest absolute Gasteiger partial charge is 0.228 e. The van der Waals surface area contributed by atoms with Gasteiger partial charge in [0.05, 0.1) is 16.1 Å². The van der Waals surface area contributed by atoms with E-state index in [0.29, 0.717) is 12.5 Å². The van der Waals surface area contributed by atoms with Crippen LogP contribution in [0, 0.1) is 5.92 Å². The first-order valence-corrected chi connectivity index (χ1v) is 10.0. The molecule has 3 fully saturated rings. The van der Waals surface area contributed by atoms with Crippen molar-refractivity contribution < 1.29 is 4.79 Å². The van der Waals surface area contributed by atoms with Gasteiger partial charge >= 0.3 is 0 Å². The maximum atomic E-state index is 13.0. The number of fused-ring (bicyclic) bond motifs is 5. The highest BCUT2D eigenvalue weighted by Gasteiger charge is 2.41. The van der Waals surface area contributed by atoms with E-state index >= 15 is 0 Å². The number of carbonyl (C=O) groups excluding carboxylic acids is 1. The summed E-state index contributed by atoms with van der Waals surface area (Å²) in [6.45, 7) is 2.39. The van der Waals surface area contributed by atoms with Gasteiger partial charge in [-0.15, -0.1) is 0 Å². The van der Waals surface area contributed by atoms with E-state index in [-0.39, 0.29) is 12.0 Å². The molecule has 3 saturated heterocycles. The first kappa shape index (κ1) is 15.8. The van der Waals surface area contributed by atoms with Crippen LogP contribution >= 0.6 is 11.3 Å². The molecule has 26 heavy (non-hydrogen) atoms. The van der Waals surface area contributed by atoms with E-state index in [1.807, 2.05) is 24.3 Å². The Morgan fingerprint density at radius 1 is 1.00 bits per heavy atom. The average molecular weight is 363 g/mol. The Kier molecular flexibility index (Phi) is 3.89. The monoisotopic (exact) mass is 363 g/mol. The van der Waals surface area contributed by atoms with Crippen molar-refractivity contribution in [1.29, 1.82) is 0 Å². The van der Waals surface area contributed by atoms with Crippen LogP contribution in [0.25, 0.3) is 10.2 Å². The van der Waals surface area contributed by atoms with Gasteiger partial charge in [-0.1, -0.05) is 53.8 Å². The topological polar surface area (TPSA) is 36.4 Å². The summed E-state index contributed by atoms with van der Waals surface area (Å²) in [5.74, 6) is 0.401. The molecule has 0 saturated carbocycles. The van der Waals surface area contributed by atoms with E-state index in [1.165, 1.54) is 10.3 Å². The van der Waals surface area contributed by atoms with Gasteiger partial charge in [-0.3, -0.25) is 4.79 Å². The number of aromatic nitrogens is 1. The molecule has 2 atom stereocenters. The Morgan fingerprint density at radius 3 is 2.65 bits per heavy atom. The van der Waals surface area contributed by atoms with E-state index in [1.54, 1.807) is 11.3 Å². The van der Waals surface area contributed by atoms with Crippen molar-refractivity contribution in [2.75, 3.05) is 18.0 Å². The molecule has 0 radical (unpaired) electrons. The number of amides is 1. The number of para-hydroxylation sites is 1. The Bertz CT molecular complexity index is 906. The molecule has 4 heterocycles. The minimum Gasteiger partial charge on any atom is -0.345 e. The molecular weight excluding hydrogens is 342 g/mol. The molecule has 132 valence electrons. The summed E-state index contributed by atoms with van der Waals surface area (Å²) in [6.07, 6.45) is 2.08. The molecule has 2 bridgehead atoms. The van der Waals surface area contributed by atoms with Gasteiger partial charge in [0.2, 0.25) is 5.91 Å². The third-order valence-electron chi connectivity index (χ3n) is 5.54. The first-order valence-electron chi connectivity index (χ1n) is 9.23. The number of thiazole rings is 1. The van der Waals surface area contributed by atoms with Gasteiger partial charge in [0.15, 0.2) is 5.13 Å². The standard InChI is InChI=1S/C21H21N3OS/c25-20-16-10-11-17(24(20)12-15-6-2-1-3-7-15)14-23(13-16)21-22-18-8-4-5-9-19(18)26-21/h1-9,16-17H,10-14H2/t16-,17+/m0/s1. The van der Waals surface area contributed by atoms with E-state index in [0.717, 1.165) is 36.6 Å². The van der Waals surface area contributed by atoms with Crippen LogP contribution in [-0.2, 0) is 11.3 Å². The zero-order chi connectivity index (χ0) is 17.5. The van der Waals surface area contributed by atoms with Gasteiger partial charge in [0.25, 0.3) is 0 Å². The molecule has 5 heteroatoms. The van der Waals surface area contributed by atoms with Crippen LogP contribution in [-0.4, -0.2) is 34.9 Å². The number of carbonyl (C=O) groups is 1. The van der Waals surface area contributed by atoms with Crippen LogP contribution < -0.4 is 4.90 Å². The van der Waals surface area contributed by atoms with Crippen LogP contribution in [0.4, 0.5) is 5.13 Å². The maximum absolute atomic E-state index is 13.0. The molecular formula is C21H21N3OS. The Hall–Kier alpha value is -2.40. The van der Waals surface area contributed by atoms with Crippen molar-refractivity contribution in [1.82, 2.24) is 9.88 Å². The molecule has 1 aromatic heterocycles. The third kappa shape index (κ3) is 2.76. The minimum absolute atomic E-state index is 0.0875. The highest BCUT2D eigenvalue weighted by atomic mass is 32.1. The normalized spacial score (nSPS) is 22.8. The summed E-state index contributed by atoms with van der Waals surface area (Å²) in [5.41, 5.74) is 2.26. The van der Waals surface area contributed by atoms with Gasteiger partial charge in [-0.2, -0.15) is 0 Å². The molecule has 0 unspecified atom stereocenters. The molecule has 0 N–H and O–H groups in total. The average Bonchev–Trinajstić information content (AvgIpc) is 2.92. The quantitative estimate of drug-likeness (QED) is 0.708. The van der Waals surface area contributed by atoms with Gasteiger partial charge in [0.1, 0.15) is 0 Å². The van der Waals surface area contributed by atoms with Crippen molar-refractivity contribution in [3.8, 4) is 0 Å².